The highest BCUT2D eigenvalue weighted by Crippen LogP contribution is 2.40. The summed E-state index contributed by atoms with van der Waals surface area (Å²) in [5.41, 5.74) is 0.0940. The lowest BCUT2D eigenvalue weighted by Crippen LogP contribution is -2.44. The summed E-state index contributed by atoms with van der Waals surface area (Å²) in [6.07, 6.45) is 7.69. The van der Waals surface area contributed by atoms with Crippen LogP contribution in [-0.2, 0) is 19.0 Å². The van der Waals surface area contributed by atoms with E-state index in [4.69, 9.17) is 14.2 Å². The van der Waals surface area contributed by atoms with E-state index >= 15 is 0 Å². The molecule has 2 unspecified atom stereocenters. The molecule has 0 radical (unpaired) electrons. The van der Waals surface area contributed by atoms with Crippen LogP contribution < -0.4 is 0 Å². The minimum atomic E-state index is -0.0542. The van der Waals surface area contributed by atoms with Gasteiger partial charge in [-0.1, -0.05) is 0 Å². The van der Waals surface area contributed by atoms with Crippen molar-refractivity contribution in [2.45, 2.75) is 62.8 Å². The van der Waals surface area contributed by atoms with E-state index in [2.05, 4.69) is 0 Å². The van der Waals surface area contributed by atoms with E-state index in [1.807, 2.05) is 11.8 Å². The van der Waals surface area contributed by atoms with Gasteiger partial charge < -0.3 is 14.2 Å². The van der Waals surface area contributed by atoms with Crippen LogP contribution in [0.5, 0.6) is 0 Å². The number of methoxy groups -OCH3 is 1. The van der Waals surface area contributed by atoms with E-state index in [1.54, 1.807) is 0 Å². The van der Waals surface area contributed by atoms with Crippen LogP contribution in [0.2, 0.25) is 0 Å². The number of esters is 1. The van der Waals surface area contributed by atoms with Crippen LogP contribution in [0.1, 0.15) is 44.9 Å². The normalized spacial score (nSPS) is 40.3. The Labute approximate surface area is 131 Å². The molecule has 4 nitrogen and oxygen atoms in total. The summed E-state index contributed by atoms with van der Waals surface area (Å²) >= 11 is 2.00. The summed E-state index contributed by atoms with van der Waals surface area (Å²) in [4.78, 5) is 11.6. The molecular weight excluding hydrogens is 288 g/mol. The largest absolute Gasteiger partial charge is 0.469 e. The van der Waals surface area contributed by atoms with Crippen molar-refractivity contribution >= 4 is 17.7 Å². The van der Waals surface area contributed by atoms with Crippen LogP contribution in [-0.4, -0.2) is 49.0 Å². The van der Waals surface area contributed by atoms with Gasteiger partial charge in [-0.15, -0.1) is 0 Å². The molecule has 2 atom stereocenters. The average molecular weight is 314 g/mol. The molecule has 2 saturated heterocycles. The monoisotopic (exact) mass is 314 g/mol. The number of carbonyl (C=O) groups excluding carboxylic acids is 1. The minimum absolute atomic E-state index is 0.0542. The van der Waals surface area contributed by atoms with Crippen molar-refractivity contribution < 1.29 is 19.0 Å². The molecule has 5 heteroatoms. The lowest BCUT2D eigenvalue weighted by atomic mass is 9.86. The number of hydrogen-bond donors (Lipinski definition) is 0. The zero-order chi connectivity index (χ0) is 14.7. The van der Waals surface area contributed by atoms with Crippen LogP contribution in [0.4, 0.5) is 0 Å². The van der Waals surface area contributed by atoms with Crippen LogP contribution in [0, 0.1) is 5.92 Å². The van der Waals surface area contributed by atoms with Gasteiger partial charge >= 0.3 is 5.97 Å². The van der Waals surface area contributed by atoms with Crippen LogP contribution >= 0.6 is 11.8 Å². The van der Waals surface area contributed by atoms with E-state index in [9.17, 15) is 4.79 Å². The molecule has 1 aliphatic carbocycles. The van der Waals surface area contributed by atoms with E-state index in [0.717, 1.165) is 50.9 Å². The van der Waals surface area contributed by atoms with Crippen LogP contribution in [0.15, 0.2) is 0 Å². The SMILES string of the molecule is COC(=O)C1CCC(OC2CCOC3(CCSC3)C2)CC1. The third kappa shape index (κ3) is 3.74. The third-order valence-corrected chi connectivity index (χ3v) is 6.33. The van der Waals surface area contributed by atoms with Gasteiger partial charge in [-0.05, 0) is 44.3 Å². The van der Waals surface area contributed by atoms with Gasteiger partial charge in [0.1, 0.15) is 0 Å². The Morgan fingerprint density at radius 2 is 2.00 bits per heavy atom. The second-order valence-corrected chi connectivity index (χ2v) is 7.69. The highest BCUT2D eigenvalue weighted by Gasteiger charge is 2.41. The fourth-order valence-corrected chi connectivity index (χ4v) is 5.21. The fraction of sp³-hybridized carbons (Fsp3) is 0.938. The molecule has 0 aromatic carbocycles. The summed E-state index contributed by atoms with van der Waals surface area (Å²) in [5, 5.41) is 0. The van der Waals surface area contributed by atoms with Crippen molar-refractivity contribution in [2.75, 3.05) is 25.2 Å². The minimum Gasteiger partial charge on any atom is -0.469 e. The van der Waals surface area contributed by atoms with Crippen molar-refractivity contribution in [3.8, 4) is 0 Å². The first-order valence-corrected chi connectivity index (χ1v) is 9.31. The third-order valence-electron chi connectivity index (χ3n) is 5.11. The second-order valence-electron chi connectivity index (χ2n) is 6.58. The van der Waals surface area contributed by atoms with Crippen molar-refractivity contribution in [3.63, 3.8) is 0 Å². The molecule has 2 aliphatic heterocycles. The standard InChI is InChI=1S/C16H26O4S/c1-18-15(17)12-2-4-13(5-3-12)20-14-6-8-19-16(10-14)7-9-21-11-16/h12-14H,2-11H2,1H3. The Morgan fingerprint density at radius 1 is 1.19 bits per heavy atom. The predicted octanol–water partition coefficient (Wildman–Crippen LogP) is 2.79. The molecule has 21 heavy (non-hydrogen) atoms. The lowest BCUT2D eigenvalue weighted by molar-refractivity contribution is -0.153. The molecule has 3 aliphatic rings. The Balaban J connectivity index is 1.46. The van der Waals surface area contributed by atoms with Crippen LogP contribution in [0.25, 0.3) is 0 Å². The molecule has 1 saturated carbocycles. The highest BCUT2D eigenvalue weighted by atomic mass is 32.2. The summed E-state index contributed by atoms with van der Waals surface area (Å²) in [5.74, 6) is 2.38. The lowest BCUT2D eigenvalue weighted by Gasteiger charge is -2.39. The molecule has 1 spiro atoms. The molecule has 2 heterocycles. The van der Waals surface area contributed by atoms with E-state index in [0.29, 0.717) is 12.2 Å². The molecule has 0 amide bonds. The molecule has 0 aromatic rings. The first-order valence-electron chi connectivity index (χ1n) is 8.16. The van der Waals surface area contributed by atoms with Gasteiger partial charge in [0.25, 0.3) is 0 Å². The summed E-state index contributed by atoms with van der Waals surface area (Å²) in [6.45, 7) is 0.836. The number of hydrogen-bond acceptors (Lipinski definition) is 5. The van der Waals surface area contributed by atoms with Crippen LogP contribution in [0.3, 0.4) is 0 Å². The number of rotatable bonds is 3. The fourth-order valence-electron chi connectivity index (χ4n) is 3.84. The zero-order valence-electron chi connectivity index (χ0n) is 12.8. The van der Waals surface area contributed by atoms with Gasteiger partial charge in [0.2, 0.25) is 0 Å². The quantitative estimate of drug-likeness (QED) is 0.750. The first kappa shape index (κ1) is 15.6. The Hall–Kier alpha value is -0.260. The van der Waals surface area contributed by atoms with Crippen molar-refractivity contribution in [3.05, 3.63) is 0 Å². The number of ether oxygens (including phenoxy) is 3. The van der Waals surface area contributed by atoms with Gasteiger partial charge in [-0.25, -0.2) is 0 Å². The van der Waals surface area contributed by atoms with Gasteiger partial charge in [0.15, 0.2) is 0 Å². The smallest absolute Gasteiger partial charge is 0.308 e. The maximum Gasteiger partial charge on any atom is 0.308 e. The summed E-state index contributed by atoms with van der Waals surface area (Å²) in [6, 6.07) is 0. The maximum atomic E-state index is 11.6. The first-order chi connectivity index (χ1) is 10.2. The molecule has 0 bridgehead atoms. The number of thioether (sulfide) groups is 1. The zero-order valence-corrected chi connectivity index (χ0v) is 13.7. The topological polar surface area (TPSA) is 44.8 Å². The Bertz CT molecular complexity index is 359. The average Bonchev–Trinajstić information content (AvgIpc) is 2.95. The highest BCUT2D eigenvalue weighted by molar-refractivity contribution is 7.99. The van der Waals surface area contributed by atoms with Gasteiger partial charge in [0, 0.05) is 18.8 Å². The molecule has 0 aromatic heterocycles. The van der Waals surface area contributed by atoms with Gasteiger partial charge in [-0.2, -0.15) is 11.8 Å². The van der Waals surface area contributed by atoms with Crippen molar-refractivity contribution in [1.29, 1.82) is 0 Å². The van der Waals surface area contributed by atoms with E-state index in [-0.39, 0.29) is 17.5 Å². The molecular formula is C16H26O4S. The molecule has 120 valence electrons. The summed E-state index contributed by atoms with van der Waals surface area (Å²) in [7, 11) is 1.48. The van der Waals surface area contributed by atoms with Crippen molar-refractivity contribution in [2.24, 2.45) is 5.92 Å². The Kier molecular flexibility index (Phi) is 5.12. The predicted molar refractivity (Wildman–Crippen MR) is 82.5 cm³/mol. The summed E-state index contributed by atoms with van der Waals surface area (Å²) < 4.78 is 17.2. The van der Waals surface area contributed by atoms with Crippen molar-refractivity contribution in [1.82, 2.24) is 0 Å². The van der Waals surface area contributed by atoms with Gasteiger partial charge in [0.05, 0.1) is 30.8 Å². The van der Waals surface area contributed by atoms with E-state index < -0.39 is 0 Å². The Morgan fingerprint density at radius 3 is 2.67 bits per heavy atom. The number of carbonyl (C=O) groups is 1. The molecule has 3 fully saturated rings. The maximum absolute atomic E-state index is 11.6. The second kappa shape index (κ2) is 6.88. The molecule has 3 rings (SSSR count). The molecule has 0 N–H and O–H groups in total. The van der Waals surface area contributed by atoms with E-state index in [1.165, 1.54) is 19.3 Å². The van der Waals surface area contributed by atoms with Gasteiger partial charge in [-0.3, -0.25) is 4.79 Å².